The molecule has 0 rings (SSSR count). The Kier molecular flexibility index (Phi) is 8.00. The lowest BCUT2D eigenvalue weighted by molar-refractivity contribution is -0.0381. The van der Waals surface area contributed by atoms with Crippen molar-refractivity contribution in [2.45, 2.75) is 0 Å². The number of halogens is 1. The number of hydrogen-bond donors (Lipinski definition) is 0. The fourth-order valence-corrected chi connectivity index (χ4v) is 0.527. The first-order valence-electron chi connectivity index (χ1n) is 3.24. The van der Waals surface area contributed by atoms with Gasteiger partial charge < -0.3 is 14.2 Å². The summed E-state index contributed by atoms with van der Waals surface area (Å²) in [5, 5.41) is 0.640. The minimum atomic E-state index is 0.244. The van der Waals surface area contributed by atoms with Gasteiger partial charge in [-0.05, 0) is 0 Å². The normalized spacial score (nSPS) is 9.64. The first-order chi connectivity index (χ1) is 5.31. The smallest absolute Gasteiger partial charge is 0.188 e. The van der Waals surface area contributed by atoms with Crippen LogP contribution in [0.2, 0.25) is 0 Å². The average Bonchev–Trinajstić information content (AvgIpc) is 2.04. The molecule has 0 unspecified atom stereocenters. The molecule has 0 aromatic carbocycles. The van der Waals surface area contributed by atoms with Gasteiger partial charge in [-0.25, -0.2) is 0 Å². The second-order valence-corrected chi connectivity index (χ2v) is 2.40. The molecule has 11 heavy (non-hydrogen) atoms. The minimum Gasteiger partial charge on any atom is -0.472 e. The third-order valence-electron chi connectivity index (χ3n) is 0.927. The van der Waals surface area contributed by atoms with Crippen LogP contribution in [0.5, 0.6) is 0 Å². The first-order valence-corrected chi connectivity index (χ1v) is 4.36. The van der Waals surface area contributed by atoms with Crippen LogP contribution in [0.25, 0.3) is 0 Å². The van der Waals surface area contributed by atoms with Gasteiger partial charge in [0.1, 0.15) is 5.76 Å². The molecular formula is C7H13BrO3. The standard InChI is InChI=1S/C7H13BrO3/c1-7(5-8)11-6-10-4-3-9-2/h1,3-6H2,2H3. The largest absolute Gasteiger partial charge is 0.472 e. The molecule has 0 fully saturated rings. The van der Waals surface area contributed by atoms with Gasteiger partial charge in [0.25, 0.3) is 0 Å². The van der Waals surface area contributed by atoms with Gasteiger partial charge in [-0.3, -0.25) is 0 Å². The molecule has 0 N–H and O–H groups in total. The quantitative estimate of drug-likeness (QED) is 0.284. The van der Waals surface area contributed by atoms with Crippen LogP contribution in [0.1, 0.15) is 0 Å². The third-order valence-corrected chi connectivity index (χ3v) is 1.55. The zero-order valence-electron chi connectivity index (χ0n) is 6.64. The maximum absolute atomic E-state index is 5.02. The SMILES string of the molecule is C=C(CBr)OCOCCOC. The Morgan fingerprint density at radius 2 is 2.18 bits per heavy atom. The molecule has 0 spiro atoms. The highest BCUT2D eigenvalue weighted by atomic mass is 79.9. The van der Waals surface area contributed by atoms with Gasteiger partial charge in [-0.1, -0.05) is 22.5 Å². The molecule has 3 nitrogen and oxygen atoms in total. The number of alkyl halides is 1. The predicted molar refractivity (Wildman–Crippen MR) is 46.7 cm³/mol. The van der Waals surface area contributed by atoms with Gasteiger partial charge in [0.05, 0.1) is 18.5 Å². The second kappa shape index (κ2) is 8.04. The minimum absolute atomic E-state index is 0.244. The van der Waals surface area contributed by atoms with Crippen LogP contribution >= 0.6 is 15.9 Å². The highest BCUT2D eigenvalue weighted by Crippen LogP contribution is 1.97. The number of methoxy groups -OCH3 is 1. The Balaban J connectivity index is 2.95. The van der Waals surface area contributed by atoms with Crippen LogP contribution in [0.3, 0.4) is 0 Å². The summed E-state index contributed by atoms with van der Waals surface area (Å²) >= 11 is 3.19. The monoisotopic (exact) mass is 224 g/mol. The van der Waals surface area contributed by atoms with E-state index in [0.717, 1.165) is 0 Å². The molecule has 66 valence electrons. The maximum Gasteiger partial charge on any atom is 0.188 e. The Morgan fingerprint density at radius 1 is 1.45 bits per heavy atom. The summed E-state index contributed by atoms with van der Waals surface area (Å²) in [5.41, 5.74) is 0. The molecule has 0 aliphatic rings. The molecule has 0 aromatic rings. The van der Waals surface area contributed by atoms with Gasteiger partial charge in [-0.2, -0.15) is 0 Å². The van der Waals surface area contributed by atoms with Crippen LogP contribution < -0.4 is 0 Å². The van der Waals surface area contributed by atoms with Crippen molar-refractivity contribution in [3.8, 4) is 0 Å². The highest BCUT2D eigenvalue weighted by Gasteiger charge is 1.90. The van der Waals surface area contributed by atoms with Crippen LogP contribution in [-0.4, -0.2) is 32.4 Å². The lowest BCUT2D eigenvalue weighted by Crippen LogP contribution is -2.05. The molecule has 0 heterocycles. The predicted octanol–water partition coefficient (Wildman–Crippen LogP) is 1.53. The van der Waals surface area contributed by atoms with Crippen LogP contribution in [0, 0.1) is 0 Å². The summed E-state index contributed by atoms with van der Waals surface area (Å²) in [5.74, 6) is 0.669. The van der Waals surface area contributed by atoms with E-state index in [1.807, 2.05) is 0 Å². The second-order valence-electron chi connectivity index (χ2n) is 1.84. The van der Waals surface area contributed by atoms with Gasteiger partial charge >= 0.3 is 0 Å². The van der Waals surface area contributed by atoms with E-state index >= 15 is 0 Å². The molecule has 0 amide bonds. The molecule has 0 saturated heterocycles. The van der Waals surface area contributed by atoms with Crippen molar-refractivity contribution in [2.75, 3.05) is 32.4 Å². The molecule has 0 bridgehead atoms. The zero-order chi connectivity index (χ0) is 8.53. The molecule has 0 aromatic heterocycles. The topological polar surface area (TPSA) is 27.7 Å². The van der Waals surface area contributed by atoms with Crippen molar-refractivity contribution < 1.29 is 14.2 Å². The number of allylic oxidation sites excluding steroid dienone is 1. The maximum atomic E-state index is 5.02. The van der Waals surface area contributed by atoms with E-state index in [-0.39, 0.29) is 6.79 Å². The zero-order valence-corrected chi connectivity index (χ0v) is 8.22. The van der Waals surface area contributed by atoms with Crippen LogP contribution in [0.15, 0.2) is 12.3 Å². The van der Waals surface area contributed by atoms with E-state index in [1.165, 1.54) is 0 Å². The molecule has 4 heteroatoms. The van der Waals surface area contributed by atoms with E-state index in [1.54, 1.807) is 7.11 Å². The summed E-state index contributed by atoms with van der Waals surface area (Å²) in [4.78, 5) is 0. The van der Waals surface area contributed by atoms with E-state index in [9.17, 15) is 0 Å². The Morgan fingerprint density at radius 3 is 2.73 bits per heavy atom. The fraction of sp³-hybridized carbons (Fsp3) is 0.714. The van der Waals surface area contributed by atoms with Gasteiger partial charge in [0, 0.05) is 7.11 Å². The third kappa shape index (κ3) is 7.84. The Hall–Kier alpha value is -0.0600. The van der Waals surface area contributed by atoms with Crippen molar-refractivity contribution in [1.82, 2.24) is 0 Å². The molecule has 0 aliphatic heterocycles. The molecule has 0 aliphatic carbocycles. The Bertz CT molecular complexity index is 106. The van der Waals surface area contributed by atoms with Crippen LogP contribution in [0.4, 0.5) is 0 Å². The van der Waals surface area contributed by atoms with E-state index in [2.05, 4.69) is 22.5 Å². The van der Waals surface area contributed by atoms with Crippen molar-refractivity contribution in [2.24, 2.45) is 0 Å². The first kappa shape index (κ1) is 10.9. The molecular weight excluding hydrogens is 212 g/mol. The van der Waals surface area contributed by atoms with E-state index in [0.29, 0.717) is 24.3 Å². The van der Waals surface area contributed by atoms with E-state index in [4.69, 9.17) is 14.2 Å². The average molecular weight is 225 g/mol. The van der Waals surface area contributed by atoms with Gasteiger partial charge in [-0.15, -0.1) is 0 Å². The molecule has 0 radical (unpaired) electrons. The van der Waals surface area contributed by atoms with Crippen molar-refractivity contribution in [3.05, 3.63) is 12.3 Å². The summed E-state index contributed by atoms with van der Waals surface area (Å²) < 4.78 is 14.8. The summed E-state index contributed by atoms with van der Waals surface area (Å²) in [6, 6.07) is 0. The highest BCUT2D eigenvalue weighted by molar-refractivity contribution is 9.09. The van der Waals surface area contributed by atoms with Crippen molar-refractivity contribution in [3.63, 3.8) is 0 Å². The summed E-state index contributed by atoms with van der Waals surface area (Å²) in [6.07, 6.45) is 0. The van der Waals surface area contributed by atoms with Gasteiger partial charge in [0.15, 0.2) is 6.79 Å². The van der Waals surface area contributed by atoms with Crippen molar-refractivity contribution >= 4 is 15.9 Å². The van der Waals surface area contributed by atoms with Crippen molar-refractivity contribution in [1.29, 1.82) is 0 Å². The lowest BCUT2D eigenvalue weighted by Gasteiger charge is -2.06. The Labute approximate surface area is 75.4 Å². The molecule has 0 saturated carbocycles. The fourth-order valence-electron chi connectivity index (χ4n) is 0.365. The van der Waals surface area contributed by atoms with E-state index < -0.39 is 0 Å². The number of rotatable bonds is 7. The van der Waals surface area contributed by atoms with Crippen LogP contribution in [-0.2, 0) is 14.2 Å². The lowest BCUT2D eigenvalue weighted by atomic mass is 10.7. The van der Waals surface area contributed by atoms with Gasteiger partial charge in [0.2, 0.25) is 0 Å². The summed E-state index contributed by atoms with van der Waals surface area (Å²) in [7, 11) is 1.63. The number of ether oxygens (including phenoxy) is 3. The summed E-state index contributed by atoms with van der Waals surface area (Å²) in [6.45, 7) is 4.99. The number of hydrogen-bond acceptors (Lipinski definition) is 3. The molecule has 0 atom stereocenters.